The molecule has 3 heteroatoms. The molecule has 2 nitrogen and oxygen atoms in total. The highest BCUT2D eigenvalue weighted by Gasteiger charge is 2.33. The van der Waals surface area contributed by atoms with Crippen LogP contribution in [0.15, 0.2) is 78.4 Å². The highest BCUT2D eigenvalue weighted by Crippen LogP contribution is 2.35. The largest absolute Gasteiger partial charge is 0.288 e. The molecule has 0 N–H and O–H groups in total. The molecule has 0 saturated heterocycles. The second-order valence-electron chi connectivity index (χ2n) is 6.98. The first-order valence-electron chi connectivity index (χ1n) is 9.11. The van der Waals surface area contributed by atoms with Crippen LogP contribution in [0.3, 0.4) is 0 Å². The van der Waals surface area contributed by atoms with Crippen LogP contribution in [-0.2, 0) is 0 Å². The lowest BCUT2D eigenvalue weighted by Gasteiger charge is -2.01. The van der Waals surface area contributed by atoms with Crippen molar-refractivity contribution in [1.82, 2.24) is 0 Å². The summed E-state index contributed by atoms with van der Waals surface area (Å²) in [6, 6.07) is 23.7. The van der Waals surface area contributed by atoms with Gasteiger partial charge in [-0.05, 0) is 59.2 Å². The van der Waals surface area contributed by atoms with Gasteiger partial charge in [-0.25, -0.2) is 0 Å². The predicted molar refractivity (Wildman–Crippen MR) is 115 cm³/mol. The van der Waals surface area contributed by atoms with Gasteiger partial charge in [0, 0.05) is 20.9 Å². The number of aryl methyl sites for hydroxylation is 1. The Morgan fingerprint density at radius 3 is 1.96 bits per heavy atom. The maximum absolute atomic E-state index is 12.9. The number of thiophene rings is 1. The molecule has 5 rings (SSSR count). The van der Waals surface area contributed by atoms with E-state index in [0.29, 0.717) is 11.1 Å². The lowest BCUT2D eigenvalue weighted by molar-refractivity contribution is 0.0990. The molecule has 0 aliphatic heterocycles. The Morgan fingerprint density at radius 1 is 0.714 bits per heavy atom. The SMILES string of the molecule is Cc1ccccc1-c1ccc(C=C2C(=O)c3cc4ccccc4cc3C2=O)s1. The van der Waals surface area contributed by atoms with Crippen LogP contribution in [0.4, 0.5) is 0 Å². The molecule has 1 aromatic heterocycles. The Morgan fingerprint density at radius 2 is 1.32 bits per heavy atom. The van der Waals surface area contributed by atoms with Crippen LogP contribution in [0, 0.1) is 6.92 Å². The van der Waals surface area contributed by atoms with Crippen molar-refractivity contribution in [3.8, 4) is 10.4 Å². The molecule has 0 fully saturated rings. The smallest absolute Gasteiger partial charge is 0.197 e. The molecule has 134 valence electrons. The quantitative estimate of drug-likeness (QED) is 0.300. The molecule has 1 heterocycles. The molecule has 0 unspecified atom stereocenters. The van der Waals surface area contributed by atoms with Crippen LogP contribution in [0.25, 0.3) is 27.3 Å². The van der Waals surface area contributed by atoms with Crippen LogP contribution in [0.2, 0.25) is 0 Å². The Balaban J connectivity index is 1.56. The average Bonchev–Trinajstić information content (AvgIpc) is 3.26. The van der Waals surface area contributed by atoms with Gasteiger partial charge in [-0.2, -0.15) is 0 Å². The predicted octanol–water partition coefficient (Wildman–Crippen LogP) is 6.34. The Labute approximate surface area is 166 Å². The van der Waals surface area contributed by atoms with Crippen molar-refractivity contribution in [3.05, 3.63) is 99.9 Å². The summed E-state index contributed by atoms with van der Waals surface area (Å²) in [6.07, 6.45) is 1.74. The Hall–Kier alpha value is -3.30. The summed E-state index contributed by atoms with van der Waals surface area (Å²) in [7, 11) is 0. The molecule has 3 aromatic carbocycles. The zero-order valence-corrected chi connectivity index (χ0v) is 16.0. The van der Waals surface area contributed by atoms with Gasteiger partial charge >= 0.3 is 0 Å². The van der Waals surface area contributed by atoms with Crippen LogP contribution in [0.5, 0.6) is 0 Å². The summed E-state index contributed by atoms with van der Waals surface area (Å²) < 4.78 is 0. The van der Waals surface area contributed by atoms with E-state index >= 15 is 0 Å². The first kappa shape index (κ1) is 16.8. The zero-order valence-electron chi connectivity index (χ0n) is 15.2. The molecule has 1 aliphatic carbocycles. The fourth-order valence-electron chi connectivity index (χ4n) is 3.71. The van der Waals surface area contributed by atoms with Crippen LogP contribution in [-0.4, -0.2) is 11.6 Å². The third-order valence-corrected chi connectivity index (χ3v) is 6.25. The van der Waals surface area contributed by atoms with E-state index < -0.39 is 0 Å². The molecule has 1 aliphatic rings. The van der Waals surface area contributed by atoms with Gasteiger partial charge in [-0.1, -0.05) is 48.5 Å². The van der Waals surface area contributed by atoms with Gasteiger partial charge in [0.25, 0.3) is 0 Å². The van der Waals surface area contributed by atoms with Crippen molar-refractivity contribution in [3.63, 3.8) is 0 Å². The standard InChI is InChI=1S/C25H16O2S/c1-15-6-2-5-9-19(15)23-11-10-18(28-23)14-22-24(26)20-12-16-7-3-4-8-17(16)13-21(20)25(22)27/h2-14H,1H3. The lowest BCUT2D eigenvalue weighted by atomic mass is 10.0. The average molecular weight is 380 g/mol. The van der Waals surface area contributed by atoms with Crippen molar-refractivity contribution in [2.45, 2.75) is 6.92 Å². The first-order chi connectivity index (χ1) is 13.6. The van der Waals surface area contributed by atoms with Gasteiger partial charge in [0.1, 0.15) is 0 Å². The number of rotatable bonds is 2. The first-order valence-corrected chi connectivity index (χ1v) is 9.93. The number of benzene rings is 3. The second kappa shape index (κ2) is 6.39. The van der Waals surface area contributed by atoms with E-state index in [-0.39, 0.29) is 17.1 Å². The van der Waals surface area contributed by atoms with E-state index in [0.717, 1.165) is 20.5 Å². The van der Waals surface area contributed by atoms with Crippen molar-refractivity contribution in [2.75, 3.05) is 0 Å². The summed E-state index contributed by atoms with van der Waals surface area (Å²) in [6.45, 7) is 2.08. The highest BCUT2D eigenvalue weighted by atomic mass is 32.1. The number of allylic oxidation sites excluding steroid dienone is 1. The van der Waals surface area contributed by atoms with Crippen molar-refractivity contribution in [1.29, 1.82) is 0 Å². The normalized spacial score (nSPS) is 13.2. The summed E-state index contributed by atoms with van der Waals surface area (Å²) in [5, 5.41) is 1.95. The number of Topliss-reactive ketones (excluding diaryl/α,β-unsaturated/α-hetero) is 2. The van der Waals surface area contributed by atoms with E-state index in [1.807, 2.05) is 60.7 Å². The third-order valence-electron chi connectivity index (χ3n) is 5.19. The molecule has 4 aromatic rings. The Bertz CT molecular complexity index is 1250. The fourth-order valence-corrected chi connectivity index (χ4v) is 4.75. The zero-order chi connectivity index (χ0) is 19.3. The number of hydrogen-bond acceptors (Lipinski definition) is 3. The Kier molecular flexibility index (Phi) is 3.85. The molecular formula is C25H16O2S. The molecule has 0 spiro atoms. The number of fused-ring (bicyclic) bond motifs is 2. The summed E-state index contributed by atoms with van der Waals surface area (Å²) >= 11 is 1.59. The lowest BCUT2D eigenvalue weighted by Crippen LogP contribution is -1.99. The maximum Gasteiger partial charge on any atom is 0.197 e. The van der Waals surface area contributed by atoms with Crippen LogP contribution < -0.4 is 0 Å². The van der Waals surface area contributed by atoms with E-state index in [2.05, 4.69) is 19.1 Å². The fraction of sp³-hybridized carbons (Fsp3) is 0.0400. The highest BCUT2D eigenvalue weighted by molar-refractivity contribution is 7.16. The maximum atomic E-state index is 12.9. The van der Waals surface area contributed by atoms with Crippen molar-refractivity contribution in [2.24, 2.45) is 0 Å². The van der Waals surface area contributed by atoms with E-state index in [1.165, 1.54) is 11.1 Å². The van der Waals surface area contributed by atoms with Gasteiger partial charge in [0.15, 0.2) is 11.6 Å². The van der Waals surface area contributed by atoms with Gasteiger partial charge in [0.2, 0.25) is 0 Å². The minimum absolute atomic E-state index is 0.184. The van der Waals surface area contributed by atoms with Gasteiger partial charge < -0.3 is 0 Å². The van der Waals surface area contributed by atoms with Gasteiger partial charge in [0.05, 0.1) is 5.57 Å². The summed E-state index contributed by atoms with van der Waals surface area (Å²) in [5.41, 5.74) is 3.64. The van der Waals surface area contributed by atoms with Crippen molar-refractivity contribution >= 4 is 39.8 Å². The monoisotopic (exact) mass is 380 g/mol. The number of carbonyl (C=O) groups excluding carboxylic acids is 2. The molecule has 28 heavy (non-hydrogen) atoms. The third kappa shape index (κ3) is 2.63. The molecule has 0 bridgehead atoms. The molecule has 0 atom stereocenters. The topological polar surface area (TPSA) is 34.1 Å². The summed E-state index contributed by atoms with van der Waals surface area (Å²) in [5.74, 6) is -0.367. The second-order valence-corrected chi connectivity index (χ2v) is 8.09. The number of ketones is 2. The van der Waals surface area contributed by atoms with E-state index in [1.54, 1.807) is 17.4 Å². The minimum Gasteiger partial charge on any atom is -0.288 e. The van der Waals surface area contributed by atoms with E-state index in [9.17, 15) is 9.59 Å². The number of carbonyl (C=O) groups is 2. The molecular weight excluding hydrogens is 364 g/mol. The number of hydrogen-bond donors (Lipinski definition) is 0. The van der Waals surface area contributed by atoms with E-state index in [4.69, 9.17) is 0 Å². The minimum atomic E-state index is -0.184. The van der Waals surface area contributed by atoms with Crippen molar-refractivity contribution < 1.29 is 9.59 Å². The van der Waals surface area contributed by atoms with Gasteiger partial charge in [-0.3, -0.25) is 9.59 Å². The summed E-state index contributed by atoms with van der Waals surface area (Å²) in [4.78, 5) is 27.8. The molecule has 0 saturated carbocycles. The van der Waals surface area contributed by atoms with Gasteiger partial charge in [-0.15, -0.1) is 11.3 Å². The van der Waals surface area contributed by atoms with Crippen LogP contribution in [0.1, 0.15) is 31.2 Å². The molecule has 0 radical (unpaired) electrons. The molecule has 0 amide bonds. The van der Waals surface area contributed by atoms with Crippen LogP contribution >= 0.6 is 11.3 Å².